The zero-order valence-corrected chi connectivity index (χ0v) is 10.7. The molecule has 0 amide bonds. The molecule has 0 spiro atoms. The van der Waals surface area contributed by atoms with E-state index < -0.39 is 17.0 Å². The molecule has 2 aromatic rings. The van der Waals surface area contributed by atoms with Crippen LogP contribution in [0.2, 0.25) is 0 Å². The summed E-state index contributed by atoms with van der Waals surface area (Å²) < 4.78 is 2.09. The minimum atomic E-state index is -0.802. The van der Waals surface area contributed by atoms with E-state index >= 15 is 0 Å². The van der Waals surface area contributed by atoms with Gasteiger partial charge < -0.3 is 15.2 Å². The topological polar surface area (TPSA) is 94.1 Å². The Morgan fingerprint density at radius 3 is 2.94 bits per heavy atom. The molecule has 0 bridgehead atoms. The van der Waals surface area contributed by atoms with Gasteiger partial charge in [0.15, 0.2) is 0 Å². The summed E-state index contributed by atoms with van der Waals surface area (Å²) in [5, 5.41) is 24.0. The minimum absolute atomic E-state index is 0.108. The number of aliphatic hydroxyl groups excluding tert-OH is 1. The predicted molar refractivity (Wildman–Crippen MR) is 65.8 cm³/mol. The molecule has 94 valence electrons. The normalized spacial score (nSPS) is 12.3. The lowest BCUT2D eigenvalue weighted by Gasteiger charge is -2.09. The molecule has 0 saturated heterocycles. The molecule has 1 N–H and O–H groups in total. The van der Waals surface area contributed by atoms with Gasteiger partial charge in [-0.25, -0.2) is 0 Å². The van der Waals surface area contributed by atoms with Crippen molar-refractivity contribution in [3.05, 3.63) is 50.7 Å². The van der Waals surface area contributed by atoms with Gasteiger partial charge in [-0.1, -0.05) is 33.0 Å². The Hall–Kier alpha value is -1.80. The van der Waals surface area contributed by atoms with E-state index in [1.165, 1.54) is 11.0 Å². The molecule has 0 aliphatic rings. The molecule has 1 atom stereocenters. The first-order valence-electron chi connectivity index (χ1n) is 5.03. The van der Waals surface area contributed by atoms with E-state index in [0.717, 1.165) is 4.47 Å². The van der Waals surface area contributed by atoms with Crippen molar-refractivity contribution in [2.45, 2.75) is 12.6 Å². The van der Waals surface area contributed by atoms with Crippen molar-refractivity contribution < 1.29 is 10.0 Å². The van der Waals surface area contributed by atoms with Crippen molar-refractivity contribution in [2.75, 3.05) is 0 Å². The highest BCUT2D eigenvalue weighted by atomic mass is 79.9. The molecule has 0 radical (unpaired) electrons. The molecule has 7 nitrogen and oxygen atoms in total. The van der Waals surface area contributed by atoms with E-state index in [0.29, 0.717) is 5.56 Å². The molecule has 0 aliphatic heterocycles. The minimum Gasteiger partial charge on any atom is -0.390 e. The second-order valence-corrected chi connectivity index (χ2v) is 4.51. The summed E-state index contributed by atoms with van der Waals surface area (Å²) in [4.78, 5) is 13.2. The van der Waals surface area contributed by atoms with Crippen LogP contribution in [-0.4, -0.2) is 24.8 Å². The van der Waals surface area contributed by atoms with Crippen LogP contribution in [0.5, 0.6) is 0 Å². The van der Waals surface area contributed by atoms with Crippen LogP contribution in [0.4, 0.5) is 5.95 Å². The van der Waals surface area contributed by atoms with E-state index in [4.69, 9.17) is 0 Å². The van der Waals surface area contributed by atoms with Crippen LogP contribution < -0.4 is 0 Å². The first-order chi connectivity index (χ1) is 8.56. The third-order valence-electron chi connectivity index (χ3n) is 2.28. The molecule has 1 aromatic carbocycles. The highest BCUT2D eigenvalue weighted by molar-refractivity contribution is 9.10. The Labute approximate surface area is 110 Å². The second kappa shape index (κ2) is 5.23. The third kappa shape index (κ3) is 2.90. The lowest BCUT2D eigenvalue weighted by atomic mass is 10.1. The Morgan fingerprint density at radius 2 is 2.33 bits per heavy atom. The first-order valence-corrected chi connectivity index (χ1v) is 5.83. The van der Waals surface area contributed by atoms with Gasteiger partial charge in [0.25, 0.3) is 0 Å². The Balaban J connectivity index is 2.11. The van der Waals surface area contributed by atoms with Crippen LogP contribution >= 0.6 is 15.9 Å². The monoisotopic (exact) mass is 312 g/mol. The number of hydrogen-bond acceptors (Lipinski definition) is 5. The predicted octanol–water partition coefficient (Wildman–Crippen LogP) is 1.68. The number of nitro groups is 1. The fourth-order valence-electron chi connectivity index (χ4n) is 1.45. The van der Waals surface area contributed by atoms with Crippen molar-refractivity contribution in [2.24, 2.45) is 0 Å². The smallest absolute Gasteiger partial charge is 0.390 e. The van der Waals surface area contributed by atoms with E-state index in [2.05, 4.69) is 26.0 Å². The van der Waals surface area contributed by atoms with E-state index in [-0.39, 0.29) is 6.54 Å². The molecule has 18 heavy (non-hydrogen) atoms. The van der Waals surface area contributed by atoms with Crippen LogP contribution in [-0.2, 0) is 6.54 Å². The molecule has 0 unspecified atom stereocenters. The second-order valence-electron chi connectivity index (χ2n) is 3.59. The highest BCUT2D eigenvalue weighted by Crippen LogP contribution is 2.19. The lowest BCUT2D eigenvalue weighted by molar-refractivity contribution is -0.394. The zero-order chi connectivity index (χ0) is 13.1. The summed E-state index contributed by atoms with van der Waals surface area (Å²) in [6.07, 6.45) is 0.420. The van der Waals surface area contributed by atoms with Crippen molar-refractivity contribution in [3.8, 4) is 0 Å². The molecule has 1 heterocycles. The van der Waals surface area contributed by atoms with Crippen molar-refractivity contribution >= 4 is 21.9 Å². The fourth-order valence-corrected chi connectivity index (χ4v) is 1.87. The summed E-state index contributed by atoms with van der Waals surface area (Å²) in [5.41, 5.74) is 0.697. The van der Waals surface area contributed by atoms with Gasteiger partial charge in [-0.3, -0.25) is 0 Å². The van der Waals surface area contributed by atoms with Crippen molar-refractivity contribution in [1.29, 1.82) is 0 Å². The molecule has 0 aliphatic carbocycles. The van der Waals surface area contributed by atoms with Crippen LogP contribution in [0.1, 0.15) is 11.7 Å². The molecule has 0 fully saturated rings. The molecule has 2 rings (SSSR count). The average molecular weight is 313 g/mol. The Morgan fingerprint density at radius 1 is 1.56 bits per heavy atom. The number of benzene rings is 1. The van der Waals surface area contributed by atoms with Gasteiger partial charge in [0.05, 0.1) is 6.54 Å². The Kier molecular flexibility index (Phi) is 3.68. The first kappa shape index (κ1) is 12.7. The Bertz CT molecular complexity index is 572. The average Bonchev–Trinajstić information content (AvgIpc) is 2.77. The summed E-state index contributed by atoms with van der Waals surface area (Å²) in [6.45, 7) is 0.108. The van der Waals surface area contributed by atoms with Gasteiger partial charge in [0.1, 0.15) is 6.10 Å². The quantitative estimate of drug-likeness (QED) is 0.684. The maximum absolute atomic E-state index is 10.4. The molecule has 8 heteroatoms. The van der Waals surface area contributed by atoms with Crippen LogP contribution in [0.3, 0.4) is 0 Å². The standard InChI is InChI=1S/C10H9BrN4O3/c11-8-3-1-2-7(4-8)9(16)5-14-6-12-10(13-14)15(17)18/h1-4,6,9,16H,5H2/t9-/m1/s1. The van der Waals surface area contributed by atoms with Gasteiger partial charge in [-0.15, -0.1) is 0 Å². The number of aromatic nitrogens is 3. The third-order valence-corrected chi connectivity index (χ3v) is 2.77. The SMILES string of the molecule is O=[N+]([O-])c1ncn(C[C@@H](O)c2cccc(Br)c2)n1. The summed E-state index contributed by atoms with van der Waals surface area (Å²) >= 11 is 3.30. The van der Waals surface area contributed by atoms with Crippen molar-refractivity contribution in [3.63, 3.8) is 0 Å². The van der Waals surface area contributed by atoms with E-state index in [1.807, 2.05) is 6.07 Å². The van der Waals surface area contributed by atoms with Gasteiger partial charge in [-0.2, -0.15) is 4.68 Å². The largest absolute Gasteiger partial charge is 0.490 e. The number of nitrogens with zero attached hydrogens (tertiary/aromatic N) is 4. The number of aliphatic hydroxyl groups is 1. The fraction of sp³-hybridized carbons (Fsp3) is 0.200. The van der Waals surface area contributed by atoms with Gasteiger partial charge in [0.2, 0.25) is 6.33 Å². The molecule has 0 saturated carbocycles. The number of hydrogen-bond donors (Lipinski definition) is 1. The van der Waals surface area contributed by atoms with Crippen LogP contribution in [0.25, 0.3) is 0 Å². The number of halogens is 1. The molecule has 1 aromatic heterocycles. The molecular formula is C10H9BrN4O3. The maximum Gasteiger partial charge on any atom is 0.490 e. The number of rotatable bonds is 4. The van der Waals surface area contributed by atoms with Crippen LogP contribution in [0.15, 0.2) is 35.1 Å². The lowest BCUT2D eigenvalue weighted by Crippen LogP contribution is -2.09. The van der Waals surface area contributed by atoms with Gasteiger partial charge >= 0.3 is 5.95 Å². The van der Waals surface area contributed by atoms with Gasteiger partial charge in [-0.05, 0) is 22.6 Å². The highest BCUT2D eigenvalue weighted by Gasteiger charge is 2.16. The van der Waals surface area contributed by atoms with Crippen molar-refractivity contribution in [1.82, 2.24) is 14.8 Å². The zero-order valence-electron chi connectivity index (χ0n) is 9.10. The summed E-state index contributed by atoms with van der Waals surface area (Å²) in [7, 11) is 0. The van der Waals surface area contributed by atoms with Crippen LogP contribution in [0, 0.1) is 10.1 Å². The molecular weight excluding hydrogens is 304 g/mol. The van der Waals surface area contributed by atoms with Gasteiger partial charge in [0, 0.05) is 9.57 Å². The maximum atomic E-state index is 10.4. The van der Waals surface area contributed by atoms with E-state index in [1.54, 1.807) is 18.2 Å². The van der Waals surface area contributed by atoms with E-state index in [9.17, 15) is 15.2 Å². The summed E-state index contributed by atoms with van der Waals surface area (Å²) in [5.74, 6) is -0.476. The summed E-state index contributed by atoms with van der Waals surface area (Å²) in [6, 6.07) is 7.18.